The highest BCUT2D eigenvalue weighted by Crippen LogP contribution is 2.09. The molecule has 60 valence electrons. The first-order valence-corrected chi connectivity index (χ1v) is 4.11. The van der Waals surface area contributed by atoms with Crippen LogP contribution in [0.5, 0.6) is 0 Å². The van der Waals surface area contributed by atoms with E-state index in [9.17, 15) is 4.79 Å². The Bertz CT molecular complexity index is 106. The van der Waals surface area contributed by atoms with E-state index in [1.807, 2.05) is 0 Å². The molecule has 0 aliphatic rings. The van der Waals surface area contributed by atoms with Crippen molar-refractivity contribution in [1.29, 1.82) is 0 Å². The molecule has 0 aliphatic heterocycles. The summed E-state index contributed by atoms with van der Waals surface area (Å²) in [6.07, 6.45) is 2.94. The van der Waals surface area contributed by atoms with Crippen LogP contribution in [0, 0.1) is 5.92 Å². The van der Waals surface area contributed by atoms with Gasteiger partial charge in [-0.15, -0.1) is 11.6 Å². The van der Waals surface area contributed by atoms with Crippen molar-refractivity contribution in [1.82, 2.24) is 0 Å². The lowest BCUT2D eigenvalue weighted by Gasteiger charge is -2.06. The van der Waals surface area contributed by atoms with Crippen molar-refractivity contribution in [2.45, 2.75) is 26.2 Å². The van der Waals surface area contributed by atoms with Crippen molar-refractivity contribution in [2.24, 2.45) is 11.7 Å². The fourth-order valence-electron chi connectivity index (χ4n) is 0.746. The Labute approximate surface area is 66.7 Å². The number of hydrogen-bond donors (Lipinski definition) is 1. The topological polar surface area (TPSA) is 43.1 Å². The summed E-state index contributed by atoms with van der Waals surface area (Å²) in [6.45, 7) is 2.08. The Balaban J connectivity index is 3.50. The summed E-state index contributed by atoms with van der Waals surface area (Å²) in [5.41, 5.74) is 5.06. The molecule has 1 unspecified atom stereocenters. The summed E-state index contributed by atoms with van der Waals surface area (Å²) in [5.74, 6) is -0.0416. The van der Waals surface area contributed by atoms with Crippen molar-refractivity contribution < 1.29 is 4.79 Å². The highest BCUT2D eigenvalue weighted by atomic mass is 35.5. The van der Waals surface area contributed by atoms with E-state index in [2.05, 4.69) is 6.92 Å². The monoisotopic (exact) mass is 163 g/mol. The molecule has 0 heterocycles. The zero-order valence-corrected chi connectivity index (χ0v) is 7.03. The molecule has 0 spiro atoms. The predicted molar refractivity (Wildman–Crippen MR) is 42.9 cm³/mol. The molecule has 0 saturated heterocycles. The van der Waals surface area contributed by atoms with Crippen molar-refractivity contribution in [3.05, 3.63) is 0 Å². The summed E-state index contributed by atoms with van der Waals surface area (Å²) >= 11 is 5.50. The molecule has 0 rings (SSSR count). The lowest BCUT2D eigenvalue weighted by Crippen LogP contribution is -2.24. The van der Waals surface area contributed by atoms with Crippen LogP contribution in [-0.4, -0.2) is 11.8 Å². The number of carbonyl (C=O) groups excluding carboxylic acids is 1. The Morgan fingerprint density at radius 3 is 2.60 bits per heavy atom. The molecular formula is C7H14ClNO. The molecule has 2 nitrogen and oxygen atoms in total. The highest BCUT2D eigenvalue weighted by molar-refractivity contribution is 6.19. The molecule has 0 aromatic carbocycles. The standard InChI is InChI=1S/C7H14ClNO/c1-2-3-4-6(5-8)7(9)10/h6H,2-5H2,1H3,(H2,9,10). The predicted octanol–water partition coefficient (Wildman–Crippen LogP) is 1.52. The van der Waals surface area contributed by atoms with Crippen LogP contribution < -0.4 is 5.73 Å². The molecule has 10 heavy (non-hydrogen) atoms. The van der Waals surface area contributed by atoms with Gasteiger partial charge in [-0.2, -0.15) is 0 Å². The summed E-state index contributed by atoms with van der Waals surface area (Å²) in [7, 11) is 0. The lowest BCUT2D eigenvalue weighted by atomic mass is 10.0. The molecular weight excluding hydrogens is 150 g/mol. The molecule has 1 atom stereocenters. The van der Waals surface area contributed by atoms with E-state index < -0.39 is 0 Å². The second kappa shape index (κ2) is 5.54. The maximum Gasteiger partial charge on any atom is 0.221 e. The van der Waals surface area contributed by atoms with Crippen LogP contribution in [0.3, 0.4) is 0 Å². The van der Waals surface area contributed by atoms with Crippen molar-refractivity contribution in [2.75, 3.05) is 5.88 Å². The molecule has 0 fully saturated rings. The summed E-state index contributed by atoms with van der Waals surface area (Å²) in [6, 6.07) is 0. The smallest absolute Gasteiger partial charge is 0.221 e. The number of primary amides is 1. The van der Waals surface area contributed by atoms with Crippen LogP contribution in [0.15, 0.2) is 0 Å². The number of unbranched alkanes of at least 4 members (excludes halogenated alkanes) is 1. The first kappa shape index (κ1) is 9.76. The number of carbonyl (C=O) groups is 1. The zero-order chi connectivity index (χ0) is 7.98. The maximum absolute atomic E-state index is 10.6. The van der Waals surface area contributed by atoms with Gasteiger partial charge in [-0.25, -0.2) is 0 Å². The average molecular weight is 164 g/mol. The number of hydrogen-bond acceptors (Lipinski definition) is 1. The van der Waals surface area contributed by atoms with Crippen molar-refractivity contribution >= 4 is 17.5 Å². The first-order valence-electron chi connectivity index (χ1n) is 3.57. The quantitative estimate of drug-likeness (QED) is 0.614. The van der Waals surface area contributed by atoms with E-state index in [0.29, 0.717) is 5.88 Å². The third kappa shape index (κ3) is 3.72. The van der Waals surface area contributed by atoms with Gasteiger partial charge in [-0.1, -0.05) is 19.8 Å². The van der Waals surface area contributed by atoms with Gasteiger partial charge in [0.1, 0.15) is 0 Å². The van der Waals surface area contributed by atoms with Gasteiger partial charge < -0.3 is 5.73 Å². The second-order valence-corrected chi connectivity index (χ2v) is 2.70. The van der Waals surface area contributed by atoms with Gasteiger partial charge in [0, 0.05) is 5.88 Å². The van der Waals surface area contributed by atoms with Crippen LogP contribution in [0.1, 0.15) is 26.2 Å². The molecule has 0 aromatic heterocycles. The lowest BCUT2D eigenvalue weighted by molar-refractivity contribution is -0.121. The maximum atomic E-state index is 10.6. The van der Waals surface area contributed by atoms with Crippen molar-refractivity contribution in [3.8, 4) is 0 Å². The van der Waals surface area contributed by atoms with Gasteiger partial charge >= 0.3 is 0 Å². The summed E-state index contributed by atoms with van der Waals surface area (Å²) < 4.78 is 0. The largest absolute Gasteiger partial charge is 0.369 e. The van der Waals surface area contributed by atoms with E-state index in [0.717, 1.165) is 19.3 Å². The minimum absolute atomic E-state index is 0.124. The van der Waals surface area contributed by atoms with Crippen LogP contribution in [0.4, 0.5) is 0 Å². The van der Waals surface area contributed by atoms with Gasteiger partial charge in [0.2, 0.25) is 5.91 Å². The highest BCUT2D eigenvalue weighted by Gasteiger charge is 2.11. The van der Waals surface area contributed by atoms with E-state index in [-0.39, 0.29) is 11.8 Å². The molecule has 2 N–H and O–H groups in total. The number of halogens is 1. The minimum atomic E-state index is -0.275. The summed E-state index contributed by atoms with van der Waals surface area (Å²) in [4.78, 5) is 10.6. The third-order valence-electron chi connectivity index (χ3n) is 1.49. The van der Waals surface area contributed by atoms with Crippen LogP contribution in [-0.2, 0) is 4.79 Å². The minimum Gasteiger partial charge on any atom is -0.369 e. The van der Waals surface area contributed by atoms with Gasteiger partial charge in [0.15, 0.2) is 0 Å². The van der Waals surface area contributed by atoms with Gasteiger partial charge in [0.05, 0.1) is 5.92 Å². The third-order valence-corrected chi connectivity index (χ3v) is 1.87. The van der Waals surface area contributed by atoms with Gasteiger partial charge in [-0.3, -0.25) is 4.79 Å². The van der Waals surface area contributed by atoms with Crippen LogP contribution in [0.25, 0.3) is 0 Å². The molecule has 0 saturated carbocycles. The normalized spacial score (nSPS) is 13.0. The Morgan fingerprint density at radius 2 is 2.30 bits per heavy atom. The number of amides is 1. The molecule has 0 aromatic rings. The SMILES string of the molecule is CCCCC(CCl)C(N)=O. The van der Waals surface area contributed by atoms with E-state index in [1.165, 1.54) is 0 Å². The molecule has 0 bridgehead atoms. The molecule has 0 radical (unpaired) electrons. The molecule has 0 aliphatic carbocycles. The zero-order valence-electron chi connectivity index (χ0n) is 6.27. The fourth-order valence-corrected chi connectivity index (χ4v) is 1.05. The van der Waals surface area contributed by atoms with Crippen LogP contribution >= 0.6 is 11.6 Å². The average Bonchev–Trinajstić information content (AvgIpc) is 1.89. The van der Waals surface area contributed by atoms with Crippen molar-refractivity contribution in [3.63, 3.8) is 0 Å². The number of alkyl halides is 1. The van der Waals surface area contributed by atoms with E-state index in [4.69, 9.17) is 17.3 Å². The fraction of sp³-hybridized carbons (Fsp3) is 0.857. The Kier molecular flexibility index (Phi) is 5.40. The number of rotatable bonds is 5. The Morgan fingerprint density at radius 1 is 1.70 bits per heavy atom. The summed E-state index contributed by atoms with van der Waals surface area (Å²) in [5, 5.41) is 0. The van der Waals surface area contributed by atoms with Gasteiger partial charge in [-0.05, 0) is 6.42 Å². The number of nitrogens with two attached hydrogens (primary N) is 1. The first-order chi connectivity index (χ1) is 4.72. The molecule has 3 heteroatoms. The van der Waals surface area contributed by atoms with Gasteiger partial charge in [0.25, 0.3) is 0 Å². The molecule has 1 amide bonds. The Hall–Kier alpha value is -0.240. The van der Waals surface area contributed by atoms with E-state index >= 15 is 0 Å². The second-order valence-electron chi connectivity index (χ2n) is 2.40. The van der Waals surface area contributed by atoms with Crippen LogP contribution in [0.2, 0.25) is 0 Å². The van der Waals surface area contributed by atoms with E-state index in [1.54, 1.807) is 0 Å².